The van der Waals surface area contributed by atoms with Crippen LogP contribution in [0.5, 0.6) is 0 Å². The molecule has 1 aliphatic rings. The van der Waals surface area contributed by atoms with Crippen molar-refractivity contribution in [3.05, 3.63) is 0 Å². The van der Waals surface area contributed by atoms with Crippen LogP contribution in [-0.4, -0.2) is 35.5 Å². The quantitative estimate of drug-likeness (QED) is 0.725. The van der Waals surface area contributed by atoms with Crippen molar-refractivity contribution in [2.75, 3.05) is 13.2 Å². The average Bonchev–Trinajstić information content (AvgIpc) is 2.38. The van der Waals surface area contributed by atoms with Gasteiger partial charge in [0.2, 0.25) is 0 Å². The highest BCUT2D eigenvalue weighted by Gasteiger charge is 2.14. The van der Waals surface area contributed by atoms with Gasteiger partial charge in [-0.2, -0.15) is 0 Å². The maximum absolute atomic E-state index is 9.14. The van der Waals surface area contributed by atoms with Gasteiger partial charge < -0.3 is 15.5 Å². The Labute approximate surface area is 112 Å². The van der Waals surface area contributed by atoms with E-state index in [1.807, 2.05) is 0 Å². The minimum atomic E-state index is -0.136. The van der Waals surface area contributed by atoms with Crippen molar-refractivity contribution in [2.24, 2.45) is 0 Å². The number of nitrogens with one attached hydrogen (secondary N) is 1. The second-order valence-corrected chi connectivity index (χ2v) is 5.68. The minimum Gasteiger partial charge on any atom is -0.395 e. The molecule has 3 nitrogen and oxygen atoms in total. The van der Waals surface area contributed by atoms with E-state index in [1.165, 1.54) is 70.6 Å². The minimum absolute atomic E-state index is 0.0347. The molecule has 1 rings (SSSR count). The second-order valence-electron chi connectivity index (χ2n) is 5.68. The number of aliphatic hydroxyl groups is 2. The topological polar surface area (TPSA) is 52.5 Å². The molecule has 108 valence electrons. The number of aliphatic hydroxyl groups excluding tert-OH is 2. The fourth-order valence-electron chi connectivity index (χ4n) is 2.83. The zero-order chi connectivity index (χ0) is 13.1. The van der Waals surface area contributed by atoms with E-state index in [-0.39, 0.29) is 19.3 Å². The predicted octanol–water partition coefficient (Wildman–Crippen LogP) is 2.60. The van der Waals surface area contributed by atoms with Crippen molar-refractivity contribution in [2.45, 2.75) is 82.7 Å². The fourth-order valence-corrected chi connectivity index (χ4v) is 2.83. The highest BCUT2D eigenvalue weighted by molar-refractivity contribution is 4.74. The van der Waals surface area contributed by atoms with Crippen LogP contribution in [0.1, 0.15) is 70.6 Å². The van der Waals surface area contributed by atoms with Crippen molar-refractivity contribution in [1.29, 1.82) is 0 Å². The van der Waals surface area contributed by atoms with Gasteiger partial charge in [-0.25, -0.2) is 0 Å². The molecule has 3 N–H and O–H groups in total. The molecule has 0 aromatic rings. The number of hydrogen-bond donors (Lipinski definition) is 3. The monoisotopic (exact) mass is 257 g/mol. The SMILES string of the molecule is OCC(CO)NC1CCCCCCCCCCC1. The van der Waals surface area contributed by atoms with Crippen LogP contribution in [0.15, 0.2) is 0 Å². The molecule has 0 radical (unpaired) electrons. The Kier molecular flexibility index (Phi) is 9.54. The molecule has 1 aliphatic carbocycles. The molecule has 0 aliphatic heterocycles. The summed E-state index contributed by atoms with van der Waals surface area (Å²) in [5, 5.41) is 21.7. The summed E-state index contributed by atoms with van der Waals surface area (Å²) in [5.41, 5.74) is 0. The maximum Gasteiger partial charge on any atom is 0.0607 e. The Morgan fingerprint density at radius 1 is 0.722 bits per heavy atom. The fraction of sp³-hybridized carbons (Fsp3) is 1.00. The van der Waals surface area contributed by atoms with Gasteiger partial charge >= 0.3 is 0 Å². The van der Waals surface area contributed by atoms with Crippen molar-refractivity contribution < 1.29 is 10.2 Å². The molecular formula is C15H31NO2. The van der Waals surface area contributed by atoms with Gasteiger partial charge in [0.15, 0.2) is 0 Å². The van der Waals surface area contributed by atoms with E-state index in [9.17, 15) is 0 Å². The van der Waals surface area contributed by atoms with Crippen LogP contribution in [0.4, 0.5) is 0 Å². The molecule has 18 heavy (non-hydrogen) atoms. The van der Waals surface area contributed by atoms with Crippen LogP contribution in [0.3, 0.4) is 0 Å². The van der Waals surface area contributed by atoms with Gasteiger partial charge in [-0.3, -0.25) is 0 Å². The zero-order valence-corrected chi connectivity index (χ0v) is 11.7. The van der Waals surface area contributed by atoms with Gasteiger partial charge in [0.05, 0.1) is 19.3 Å². The Morgan fingerprint density at radius 2 is 1.11 bits per heavy atom. The van der Waals surface area contributed by atoms with E-state index < -0.39 is 0 Å². The first kappa shape index (κ1) is 15.9. The lowest BCUT2D eigenvalue weighted by molar-refractivity contribution is 0.157. The van der Waals surface area contributed by atoms with Crippen LogP contribution >= 0.6 is 0 Å². The van der Waals surface area contributed by atoms with E-state index in [2.05, 4.69) is 5.32 Å². The maximum atomic E-state index is 9.14. The second kappa shape index (κ2) is 10.8. The third kappa shape index (κ3) is 7.34. The third-order valence-electron chi connectivity index (χ3n) is 4.02. The van der Waals surface area contributed by atoms with Gasteiger partial charge in [0.1, 0.15) is 0 Å². The summed E-state index contributed by atoms with van der Waals surface area (Å²) in [4.78, 5) is 0. The summed E-state index contributed by atoms with van der Waals surface area (Å²) < 4.78 is 0. The first-order valence-corrected chi connectivity index (χ1v) is 7.84. The third-order valence-corrected chi connectivity index (χ3v) is 4.02. The molecule has 0 saturated heterocycles. The van der Waals surface area contributed by atoms with Gasteiger partial charge in [0, 0.05) is 6.04 Å². The standard InChI is InChI=1S/C15H31NO2/c17-12-15(13-18)16-14-10-8-6-4-2-1-3-5-7-9-11-14/h14-18H,1-13H2. The van der Waals surface area contributed by atoms with Crippen molar-refractivity contribution in [3.8, 4) is 0 Å². The van der Waals surface area contributed by atoms with E-state index in [1.54, 1.807) is 0 Å². The first-order valence-electron chi connectivity index (χ1n) is 7.84. The molecule has 0 aromatic carbocycles. The van der Waals surface area contributed by atoms with Crippen LogP contribution < -0.4 is 5.32 Å². The molecule has 1 fully saturated rings. The summed E-state index contributed by atoms with van der Waals surface area (Å²) in [6.45, 7) is 0.0694. The first-order chi connectivity index (χ1) is 8.86. The number of rotatable bonds is 4. The lowest BCUT2D eigenvalue weighted by atomic mass is 9.97. The highest BCUT2D eigenvalue weighted by atomic mass is 16.3. The van der Waals surface area contributed by atoms with Crippen molar-refractivity contribution >= 4 is 0 Å². The zero-order valence-electron chi connectivity index (χ0n) is 11.7. The summed E-state index contributed by atoms with van der Waals surface area (Å²) >= 11 is 0. The Morgan fingerprint density at radius 3 is 1.50 bits per heavy atom. The van der Waals surface area contributed by atoms with Gasteiger partial charge in [-0.1, -0.05) is 57.8 Å². The lowest BCUT2D eigenvalue weighted by Crippen LogP contribution is -2.42. The van der Waals surface area contributed by atoms with Gasteiger partial charge in [-0.15, -0.1) is 0 Å². The van der Waals surface area contributed by atoms with E-state index in [0.717, 1.165) is 0 Å². The molecule has 1 saturated carbocycles. The molecule has 0 amide bonds. The normalized spacial score (nSPS) is 21.5. The predicted molar refractivity (Wildman–Crippen MR) is 75.7 cm³/mol. The van der Waals surface area contributed by atoms with Crippen LogP contribution in [0.25, 0.3) is 0 Å². The summed E-state index contributed by atoms with van der Waals surface area (Å²) in [6, 6.07) is 0.344. The van der Waals surface area contributed by atoms with Gasteiger partial charge in [0.25, 0.3) is 0 Å². The Bertz CT molecular complexity index is 171. The van der Waals surface area contributed by atoms with Crippen LogP contribution in [0, 0.1) is 0 Å². The smallest absolute Gasteiger partial charge is 0.0607 e. The molecule has 3 heteroatoms. The summed E-state index contributed by atoms with van der Waals surface area (Å²) in [6.07, 6.45) is 14.6. The van der Waals surface area contributed by atoms with Crippen LogP contribution in [0.2, 0.25) is 0 Å². The van der Waals surface area contributed by atoms with Gasteiger partial charge in [-0.05, 0) is 12.8 Å². The molecule has 0 atom stereocenters. The summed E-state index contributed by atoms with van der Waals surface area (Å²) in [7, 11) is 0. The molecule has 0 heterocycles. The van der Waals surface area contributed by atoms with E-state index in [0.29, 0.717) is 6.04 Å². The Balaban J connectivity index is 2.31. The Hall–Kier alpha value is -0.120. The molecular weight excluding hydrogens is 226 g/mol. The molecule has 0 bridgehead atoms. The van der Waals surface area contributed by atoms with Crippen molar-refractivity contribution in [3.63, 3.8) is 0 Å². The lowest BCUT2D eigenvalue weighted by Gasteiger charge is -2.24. The number of hydrogen-bond acceptors (Lipinski definition) is 3. The molecule has 0 spiro atoms. The molecule has 0 aromatic heterocycles. The largest absolute Gasteiger partial charge is 0.395 e. The van der Waals surface area contributed by atoms with Crippen LogP contribution in [-0.2, 0) is 0 Å². The van der Waals surface area contributed by atoms with E-state index >= 15 is 0 Å². The summed E-state index contributed by atoms with van der Waals surface area (Å²) in [5.74, 6) is 0. The molecule has 0 unspecified atom stereocenters. The van der Waals surface area contributed by atoms with Crippen molar-refractivity contribution in [1.82, 2.24) is 5.32 Å². The van der Waals surface area contributed by atoms with E-state index in [4.69, 9.17) is 10.2 Å². The average molecular weight is 257 g/mol. The highest BCUT2D eigenvalue weighted by Crippen LogP contribution is 2.17.